The van der Waals surface area contributed by atoms with E-state index >= 15 is 0 Å². The van der Waals surface area contributed by atoms with Gasteiger partial charge in [0, 0.05) is 16.1 Å². The first-order valence-electron chi connectivity index (χ1n) is 6.25. The number of aryl methyl sites for hydroxylation is 1. The highest BCUT2D eigenvalue weighted by atomic mass is 35.5. The number of benzene rings is 2. The van der Waals surface area contributed by atoms with E-state index in [4.69, 9.17) is 16.9 Å². The molecule has 0 aromatic heterocycles. The fourth-order valence-corrected chi connectivity index (χ4v) is 2.22. The van der Waals surface area contributed by atoms with Gasteiger partial charge in [0.15, 0.2) is 0 Å². The van der Waals surface area contributed by atoms with Gasteiger partial charge in [0.2, 0.25) is 0 Å². The van der Waals surface area contributed by atoms with Crippen LogP contribution in [0.4, 0.5) is 22.0 Å². The minimum absolute atomic E-state index is 0.00156. The number of hydrogen-bond donors (Lipinski definition) is 0. The van der Waals surface area contributed by atoms with E-state index in [0.29, 0.717) is 17.7 Å². The van der Waals surface area contributed by atoms with Crippen molar-refractivity contribution < 1.29 is 22.0 Å². The molecule has 0 bridgehead atoms. The summed E-state index contributed by atoms with van der Waals surface area (Å²) in [6.45, 7) is 1.58. The molecule has 23 heavy (non-hydrogen) atoms. The van der Waals surface area contributed by atoms with Crippen LogP contribution in [-0.2, 0) is 5.92 Å². The second-order valence-corrected chi connectivity index (χ2v) is 5.21. The van der Waals surface area contributed by atoms with Gasteiger partial charge in [0.1, 0.15) is 0 Å². The third kappa shape index (κ3) is 3.15. The summed E-state index contributed by atoms with van der Waals surface area (Å²) in [5.41, 5.74) is -0.299. The highest BCUT2D eigenvalue weighted by Gasteiger charge is 2.58. The zero-order valence-electron chi connectivity index (χ0n) is 11.6. The van der Waals surface area contributed by atoms with Crippen LogP contribution in [0.15, 0.2) is 30.3 Å². The van der Waals surface area contributed by atoms with Gasteiger partial charge in [-0.25, -0.2) is 0 Å². The van der Waals surface area contributed by atoms with Gasteiger partial charge in [-0.05, 0) is 48.4 Å². The molecular formula is C16H8ClF5N. The van der Waals surface area contributed by atoms with Crippen LogP contribution in [0.2, 0.25) is 5.02 Å². The summed E-state index contributed by atoms with van der Waals surface area (Å²) in [5, 5.41) is 8.89. The first kappa shape index (κ1) is 17.2. The molecule has 0 saturated carbocycles. The van der Waals surface area contributed by atoms with Gasteiger partial charge in [0.05, 0.1) is 11.6 Å². The van der Waals surface area contributed by atoms with Crippen LogP contribution < -0.4 is 0 Å². The van der Waals surface area contributed by atoms with Crippen molar-refractivity contribution in [2.75, 3.05) is 0 Å². The maximum atomic E-state index is 13.5. The van der Waals surface area contributed by atoms with E-state index in [1.165, 1.54) is 12.1 Å². The quantitative estimate of drug-likeness (QED) is 0.647. The lowest BCUT2D eigenvalue weighted by Gasteiger charge is -2.21. The average molecular weight is 345 g/mol. The molecule has 0 heterocycles. The topological polar surface area (TPSA) is 23.8 Å². The van der Waals surface area contributed by atoms with Crippen LogP contribution >= 0.6 is 11.6 Å². The molecule has 1 radical (unpaired) electrons. The highest BCUT2D eigenvalue weighted by molar-refractivity contribution is 6.33. The molecule has 2 aromatic rings. The van der Waals surface area contributed by atoms with Crippen molar-refractivity contribution in [2.45, 2.75) is 19.0 Å². The average Bonchev–Trinajstić information content (AvgIpc) is 2.47. The minimum Gasteiger partial charge on any atom is -0.192 e. The zero-order chi connectivity index (χ0) is 17.4. The Morgan fingerprint density at radius 2 is 1.74 bits per heavy atom. The van der Waals surface area contributed by atoms with E-state index in [1.54, 1.807) is 6.92 Å². The SMILES string of the molecule is Cc1[c]cc(C#N)cc1-c1cc(C(F)(F)C(F)(F)F)ccc1Cl. The summed E-state index contributed by atoms with van der Waals surface area (Å²) in [4.78, 5) is 0. The van der Waals surface area contributed by atoms with Crippen LogP contribution in [0, 0.1) is 24.3 Å². The molecule has 0 aliphatic carbocycles. The second kappa shape index (κ2) is 5.82. The van der Waals surface area contributed by atoms with Crippen molar-refractivity contribution in [3.8, 4) is 17.2 Å². The summed E-state index contributed by atoms with van der Waals surface area (Å²) in [5.74, 6) is -5.00. The fraction of sp³-hybridized carbons (Fsp3) is 0.188. The minimum atomic E-state index is -5.71. The molecule has 0 unspecified atom stereocenters. The van der Waals surface area contributed by atoms with Gasteiger partial charge in [-0.2, -0.15) is 27.2 Å². The molecule has 0 amide bonds. The van der Waals surface area contributed by atoms with Gasteiger partial charge in [-0.3, -0.25) is 0 Å². The molecule has 119 valence electrons. The Bertz CT molecular complexity index is 790. The van der Waals surface area contributed by atoms with Gasteiger partial charge in [-0.15, -0.1) is 0 Å². The number of nitriles is 1. The molecule has 0 aliphatic heterocycles. The van der Waals surface area contributed by atoms with Crippen molar-refractivity contribution in [3.05, 3.63) is 58.1 Å². The Morgan fingerprint density at radius 3 is 2.30 bits per heavy atom. The first-order valence-corrected chi connectivity index (χ1v) is 6.63. The van der Waals surface area contributed by atoms with Crippen LogP contribution in [0.5, 0.6) is 0 Å². The second-order valence-electron chi connectivity index (χ2n) is 4.81. The number of halogens is 6. The van der Waals surface area contributed by atoms with E-state index in [2.05, 4.69) is 6.07 Å². The van der Waals surface area contributed by atoms with Crippen molar-refractivity contribution in [1.29, 1.82) is 5.26 Å². The zero-order valence-corrected chi connectivity index (χ0v) is 12.4. The summed E-state index contributed by atoms with van der Waals surface area (Å²) in [7, 11) is 0. The number of hydrogen-bond acceptors (Lipinski definition) is 1. The summed E-state index contributed by atoms with van der Waals surface area (Å²) < 4.78 is 64.6. The lowest BCUT2D eigenvalue weighted by molar-refractivity contribution is -0.289. The van der Waals surface area contributed by atoms with Crippen LogP contribution in [0.3, 0.4) is 0 Å². The third-order valence-electron chi connectivity index (χ3n) is 3.25. The molecule has 1 nitrogen and oxygen atoms in total. The van der Waals surface area contributed by atoms with Crippen molar-refractivity contribution in [3.63, 3.8) is 0 Å². The summed E-state index contributed by atoms with van der Waals surface area (Å²) in [6.07, 6.45) is -5.71. The Kier molecular flexibility index (Phi) is 4.36. The van der Waals surface area contributed by atoms with Crippen LogP contribution in [0.25, 0.3) is 11.1 Å². The molecule has 2 aromatic carbocycles. The molecule has 7 heteroatoms. The third-order valence-corrected chi connectivity index (χ3v) is 3.58. The normalized spacial score (nSPS) is 12.1. The standard InChI is InChI=1S/C16H8ClF5N/c1-9-2-3-10(8-23)6-12(9)13-7-11(4-5-14(13)17)15(18,19)16(20,21)22/h3-7H,1H3. The summed E-state index contributed by atoms with van der Waals surface area (Å²) in [6, 6.07) is 9.64. The molecule has 0 fully saturated rings. The molecule has 0 N–H and O–H groups in total. The Morgan fingerprint density at radius 1 is 1.09 bits per heavy atom. The fourth-order valence-electron chi connectivity index (χ4n) is 2.00. The first-order chi connectivity index (χ1) is 10.6. The van der Waals surface area contributed by atoms with Gasteiger partial charge in [-0.1, -0.05) is 17.7 Å². The molecule has 2 rings (SSSR count). The van der Waals surface area contributed by atoms with E-state index in [9.17, 15) is 22.0 Å². The van der Waals surface area contributed by atoms with E-state index in [0.717, 1.165) is 6.07 Å². The monoisotopic (exact) mass is 344 g/mol. The number of alkyl halides is 5. The van der Waals surface area contributed by atoms with Crippen molar-refractivity contribution in [2.24, 2.45) is 0 Å². The van der Waals surface area contributed by atoms with Gasteiger partial charge in [0.25, 0.3) is 0 Å². The van der Waals surface area contributed by atoms with Gasteiger partial charge < -0.3 is 0 Å². The predicted molar refractivity (Wildman–Crippen MR) is 75.1 cm³/mol. The van der Waals surface area contributed by atoms with E-state index < -0.39 is 17.7 Å². The maximum absolute atomic E-state index is 13.5. The smallest absolute Gasteiger partial charge is 0.192 e. The highest BCUT2D eigenvalue weighted by Crippen LogP contribution is 2.45. The van der Waals surface area contributed by atoms with Crippen LogP contribution in [0.1, 0.15) is 16.7 Å². The van der Waals surface area contributed by atoms with Crippen LogP contribution in [-0.4, -0.2) is 6.18 Å². The van der Waals surface area contributed by atoms with Gasteiger partial charge >= 0.3 is 12.1 Å². The van der Waals surface area contributed by atoms with E-state index in [1.807, 2.05) is 6.07 Å². The van der Waals surface area contributed by atoms with Crippen molar-refractivity contribution >= 4 is 11.6 Å². The Balaban J connectivity index is 2.67. The molecule has 0 saturated heterocycles. The predicted octanol–water partition coefficient (Wildman–Crippen LogP) is 5.64. The van der Waals surface area contributed by atoms with Crippen molar-refractivity contribution in [1.82, 2.24) is 0 Å². The maximum Gasteiger partial charge on any atom is 0.458 e. The van der Waals surface area contributed by atoms with E-state index in [-0.39, 0.29) is 21.7 Å². The lowest BCUT2D eigenvalue weighted by Crippen LogP contribution is -2.33. The lowest BCUT2D eigenvalue weighted by atomic mass is 9.95. The number of nitrogens with zero attached hydrogens (tertiary/aromatic N) is 1. The molecule has 0 spiro atoms. The summed E-state index contributed by atoms with van der Waals surface area (Å²) >= 11 is 5.94. The Hall–Kier alpha value is -2.13. The largest absolute Gasteiger partial charge is 0.458 e. The molecular weight excluding hydrogens is 337 g/mol. The molecule has 0 aliphatic rings. The Labute approximate surface area is 133 Å². The molecule has 0 atom stereocenters. The number of rotatable bonds is 2.